The average Bonchev–Trinajstić information content (AvgIpc) is 3.16. The van der Waals surface area contributed by atoms with Gasteiger partial charge in [0.05, 0.1) is 0 Å². The zero-order valence-corrected chi connectivity index (χ0v) is 14.8. The number of nitrogens with zero attached hydrogens (tertiary/aromatic N) is 1. The van der Waals surface area contributed by atoms with Crippen LogP contribution in [0.2, 0.25) is 0 Å². The lowest BCUT2D eigenvalue weighted by atomic mass is 9.99. The quantitative estimate of drug-likeness (QED) is 0.451. The summed E-state index contributed by atoms with van der Waals surface area (Å²) in [5.74, 6) is 0. The first-order chi connectivity index (χ1) is 13.3. The minimum Gasteiger partial charge on any atom is -0.346 e. The number of H-pyrrole nitrogens is 1. The summed E-state index contributed by atoms with van der Waals surface area (Å²) in [5.41, 5.74) is 12.4. The third-order valence-corrected chi connectivity index (χ3v) is 5.09. The van der Waals surface area contributed by atoms with E-state index < -0.39 is 0 Å². The molecule has 0 atom stereocenters. The van der Waals surface area contributed by atoms with Gasteiger partial charge in [0.25, 0.3) is 0 Å². The fourth-order valence-electron chi connectivity index (χ4n) is 3.63. The molecule has 0 unspecified atom stereocenters. The zero-order valence-electron chi connectivity index (χ0n) is 14.8. The van der Waals surface area contributed by atoms with E-state index in [0.717, 1.165) is 33.3 Å². The Morgan fingerprint density at radius 2 is 1.67 bits per heavy atom. The van der Waals surface area contributed by atoms with Gasteiger partial charge in [-0.05, 0) is 45.7 Å². The minimum absolute atomic E-state index is 0.538. The Labute approximate surface area is 157 Å². The molecule has 0 spiro atoms. The minimum atomic E-state index is 0.538. The third kappa shape index (κ3) is 2.78. The van der Waals surface area contributed by atoms with Crippen molar-refractivity contribution in [3.63, 3.8) is 0 Å². The highest BCUT2D eigenvalue weighted by atomic mass is 14.8. The van der Waals surface area contributed by atoms with Gasteiger partial charge < -0.3 is 10.7 Å². The lowest BCUT2D eigenvalue weighted by Gasteiger charge is -2.06. The molecule has 3 heteroatoms. The summed E-state index contributed by atoms with van der Waals surface area (Å²) in [7, 11) is 0. The van der Waals surface area contributed by atoms with Crippen LogP contribution >= 0.6 is 0 Å². The van der Waals surface area contributed by atoms with Crippen molar-refractivity contribution in [1.82, 2.24) is 9.97 Å². The molecule has 0 radical (unpaired) electrons. The molecule has 3 aromatic carbocycles. The van der Waals surface area contributed by atoms with Crippen LogP contribution in [0.15, 0.2) is 85.2 Å². The maximum absolute atomic E-state index is 5.81. The molecule has 2 aromatic heterocycles. The molecule has 0 saturated carbocycles. The molecule has 3 N–H and O–H groups in total. The summed E-state index contributed by atoms with van der Waals surface area (Å²) >= 11 is 0. The SMILES string of the molecule is NCc1cccc(-c2c[nH]c3ncc(-c4ccc5ccccc5c4)cc23)c1. The van der Waals surface area contributed by atoms with Crippen LogP contribution in [0.3, 0.4) is 0 Å². The van der Waals surface area contributed by atoms with E-state index in [2.05, 4.69) is 82.8 Å². The molecular weight excluding hydrogens is 330 g/mol. The third-order valence-electron chi connectivity index (χ3n) is 5.09. The number of rotatable bonds is 3. The van der Waals surface area contributed by atoms with Gasteiger partial charge in [-0.15, -0.1) is 0 Å². The number of fused-ring (bicyclic) bond motifs is 2. The van der Waals surface area contributed by atoms with Crippen LogP contribution < -0.4 is 5.73 Å². The van der Waals surface area contributed by atoms with Crippen LogP contribution in [0.4, 0.5) is 0 Å². The van der Waals surface area contributed by atoms with Crippen molar-refractivity contribution in [2.45, 2.75) is 6.54 Å². The number of hydrogen-bond donors (Lipinski definition) is 2. The van der Waals surface area contributed by atoms with Crippen LogP contribution in [0.25, 0.3) is 44.1 Å². The number of benzene rings is 3. The van der Waals surface area contributed by atoms with E-state index in [1.807, 2.05) is 12.4 Å². The highest BCUT2D eigenvalue weighted by Crippen LogP contribution is 2.32. The number of nitrogens with two attached hydrogens (primary N) is 1. The Balaban J connectivity index is 1.66. The maximum atomic E-state index is 5.81. The molecule has 5 aromatic rings. The number of aromatic nitrogens is 2. The van der Waals surface area contributed by atoms with Crippen molar-refractivity contribution in [3.05, 3.63) is 90.8 Å². The van der Waals surface area contributed by atoms with E-state index in [1.165, 1.54) is 16.3 Å². The number of pyridine rings is 1. The fourth-order valence-corrected chi connectivity index (χ4v) is 3.63. The molecule has 2 heterocycles. The first-order valence-corrected chi connectivity index (χ1v) is 9.07. The summed E-state index contributed by atoms with van der Waals surface area (Å²) in [4.78, 5) is 7.94. The second kappa shape index (κ2) is 6.38. The summed E-state index contributed by atoms with van der Waals surface area (Å²) in [5, 5.41) is 3.60. The summed E-state index contributed by atoms with van der Waals surface area (Å²) in [6.07, 6.45) is 3.96. The summed E-state index contributed by atoms with van der Waals surface area (Å²) in [6.45, 7) is 0.538. The van der Waals surface area contributed by atoms with E-state index in [9.17, 15) is 0 Å². The van der Waals surface area contributed by atoms with Crippen LogP contribution in [-0.2, 0) is 6.54 Å². The molecule has 0 bridgehead atoms. The number of nitrogens with one attached hydrogen (secondary N) is 1. The van der Waals surface area contributed by atoms with Gasteiger partial charge in [-0.1, -0.05) is 54.6 Å². The van der Waals surface area contributed by atoms with Gasteiger partial charge in [0.15, 0.2) is 0 Å². The van der Waals surface area contributed by atoms with Crippen LogP contribution in [0.5, 0.6) is 0 Å². The van der Waals surface area contributed by atoms with Gasteiger partial charge >= 0.3 is 0 Å². The second-order valence-corrected chi connectivity index (χ2v) is 6.79. The van der Waals surface area contributed by atoms with E-state index >= 15 is 0 Å². The zero-order chi connectivity index (χ0) is 18.2. The van der Waals surface area contributed by atoms with Crippen molar-refractivity contribution in [2.24, 2.45) is 5.73 Å². The van der Waals surface area contributed by atoms with Crippen molar-refractivity contribution in [2.75, 3.05) is 0 Å². The Morgan fingerprint density at radius 3 is 2.56 bits per heavy atom. The average molecular weight is 349 g/mol. The van der Waals surface area contributed by atoms with Crippen molar-refractivity contribution >= 4 is 21.8 Å². The molecule has 5 rings (SSSR count). The van der Waals surface area contributed by atoms with E-state index in [0.29, 0.717) is 6.54 Å². The van der Waals surface area contributed by atoms with Gasteiger partial charge in [0.2, 0.25) is 0 Å². The lowest BCUT2D eigenvalue weighted by Crippen LogP contribution is -1.95. The van der Waals surface area contributed by atoms with Gasteiger partial charge in [-0.2, -0.15) is 0 Å². The molecule has 3 nitrogen and oxygen atoms in total. The first-order valence-electron chi connectivity index (χ1n) is 9.07. The van der Waals surface area contributed by atoms with Crippen LogP contribution in [0, 0.1) is 0 Å². The van der Waals surface area contributed by atoms with Gasteiger partial charge in [0, 0.05) is 35.5 Å². The monoisotopic (exact) mass is 349 g/mol. The molecular formula is C24H19N3. The molecule has 0 aliphatic heterocycles. The Morgan fingerprint density at radius 1 is 0.778 bits per heavy atom. The molecule has 27 heavy (non-hydrogen) atoms. The van der Waals surface area contributed by atoms with Crippen molar-refractivity contribution < 1.29 is 0 Å². The predicted molar refractivity (Wildman–Crippen MR) is 112 cm³/mol. The van der Waals surface area contributed by atoms with Crippen LogP contribution in [0.1, 0.15) is 5.56 Å². The predicted octanol–water partition coefficient (Wildman–Crippen LogP) is 5.51. The van der Waals surface area contributed by atoms with Crippen molar-refractivity contribution in [3.8, 4) is 22.3 Å². The topological polar surface area (TPSA) is 54.7 Å². The van der Waals surface area contributed by atoms with Gasteiger partial charge in [-0.25, -0.2) is 4.98 Å². The first kappa shape index (κ1) is 15.8. The smallest absolute Gasteiger partial charge is 0.137 e. The Hall–Kier alpha value is -3.43. The number of aromatic amines is 1. The van der Waals surface area contributed by atoms with Gasteiger partial charge in [-0.3, -0.25) is 0 Å². The van der Waals surface area contributed by atoms with Crippen molar-refractivity contribution in [1.29, 1.82) is 0 Å². The summed E-state index contributed by atoms with van der Waals surface area (Å²) in [6, 6.07) is 25.5. The van der Waals surface area contributed by atoms with E-state index in [1.54, 1.807) is 0 Å². The molecule has 0 aliphatic carbocycles. The molecule has 0 saturated heterocycles. The summed E-state index contributed by atoms with van der Waals surface area (Å²) < 4.78 is 0. The highest BCUT2D eigenvalue weighted by molar-refractivity contribution is 5.96. The standard InChI is InChI=1S/C24H19N3/c25-13-16-4-3-7-20(10-16)23-15-27-24-22(23)12-21(14-26-24)19-9-8-17-5-1-2-6-18(17)11-19/h1-12,14-15H,13,25H2,(H,26,27). The van der Waals surface area contributed by atoms with E-state index in [-0.39, 0.29) is 0 Å². The van der Waals surface area contributed by atoms with Crippen LogP contribution in [-0.4, -0.2) is 9.97 Å². The van der Waals surface area contributed by atoms with Gasteiger partial charge in [0.1, 0.15) is 5.65 Å². The normalized spacial score (nSPS) is 11.3. The highest BCUT2D eigenvalue weighted by Gasteiger charge is 2.10. The maximum Gasteiger partial charge on any atom is 0.137 e. The largest absolute Gasteiger partial charge is 0.346 e. The molecule has 0 amide bonds. The van der Waals surface area contributed by atoms with E-state index in [4.69, 9.17) is 5.73 Å². The fraction of sp³-hybridized carbons (Fsp3) is 0.0417. The Kier molecular flexibility index (Phi) is 3.73. The molecule has 130 valence electrons. The molecule has 0 aliphatic rings. The lowest BCUT2D eigenvalue weighted by molar-refractivity contribution is 1.07. The Bertz CT molecular complexity index is 1270. The second-order valence-electron chi connectivity index (χ2n) is 6.79. The molecule has 0 fully saturated rings. The number of hydrogen-bond acceptors (Lipinski definition) is 2.